The van der Waals surface area contributed by atoms with Crippen molar-refractivity contribution in [2.24, 2.45) is 4.99 Å². The SMILES string of the molecule is CCNC(=NCc1nnc2ccccn12)NCCc1c(F)cccc1Cl.I. The third kappa shape index (κ3) is 5.52. The lowest BCUT2D eigenvalue weighted by Gasteiger charge is -2.12. The molecular formula is C18H21ClFIN6. The molecule has 0 aliphatic rings. The van der Waals surface area contributed by atoms with Crippen molar-refractivity contribution in [2.75, 3.05) is 13.1 Å². The second kappa shape index (κ2) is 10.4. The van der Waals surface area contributed by atoms with Crippen molar-refractivity contribution in [3.63, 3.8) is 0 Å². The van der Waals surface area contributed by atoms with Gasteiger partial charge in [-0.1, -0.05) is 23.7 Å². The van der Waals surface area contributed by atoms with E-state index in [1.54, 1.807) is 12.1 Å². The summed E-state index contributed by atoms with van der Waals surface area (Å²) >= 11 is 6.06. The van der Waals surface area contributed by atoms with E-state index in [1.807, 2.05) is 35.7 Å². The van der Waals surface area contributed by atoms with Crippen molar-refractivity contribution < 1.29 is 4.39 Å². The number of rotatable bonds is 6. The average Bonchev–Trinajstić information content (AvgIpc) is 3.05. The quantitative estimate of drug-likeness (QED) is 0.308. The fraction of sp³-hybridized carbons (Fsp3) is 0.278. The number of aromatic nitrogens is 3. The first-order valence-electron chi connectivity index (χ1n) is 8.42. The number of pyridine rings is 1. The van der Waals surface area contributed by atoms with Crippen LogP contribution in [-0.2, 0) is 13.0 Å². The Hall–Kier alpha value is -1.94. The van der Waals surface area contributed by atoms with E-state index in [2.05, 4.69) is 25.8 Å². The van der Waals surface area contributed by atoms with E-state index < -0.39 is 0 Å². The molecule has 27 heavy (non-hydrogen) atoms. The van der Waals surface area contributed by atoms with Crippen LogP contribution < -0.4 is 10.6 Å². The Morgan fingerprint density at radius 2 is 2.04 bits per heavy atom. The van der Waals surface area contributed by atoms with Gasteiger partial charge < -0.3 is 10.6 Å². The molecule has 3 aromatic rings. The molecule has 0 amide bonds. The summed E-state index contributed by atoms with van der Waals surface area (Å²) in [4.78, 5) is 4.53. The number of halogens is 3. The minimum atomic E-state index is -0.295. The molecule has 0 aliphatic carbocycles. The van der Waals surface area contributed by atoms with Crippen LogP contribution >= 0.6 is 35.6 Å². The van der Waals surface area contributed by atoms with Crippen LogP contribution in [0.25, 0.3) is 5.65 Å². The van der Waals surface area contributed by atoms with Crippen molar-refractivity contribution in [3.05, 3.63) is 64.8 Å². The van der Waals surface area contributed by atoms with E-state index >= 15 is 0 Å². The van der Waals surface area contributed by atoms with Crippen molar-refractivity contribution in [1.29, 1.82) is 0 Å². The third-order valence-corrected chi connectivity index (χ3v) is 4.19. The van der Waals surface area contributed by atoms with Gasteiger partial charge in [-0.05, 0) is 37.6 Å². The van der Waals surface area contributed by atoms with Gasteiger partial charge in [0.1, 0.15) is 12.4 Å². The summed E-state index contributed by atoms with van der Waals surface area (Å²) in [5.74, 6) is 1.08. The minimum Gasteiger partial charge on any atom is -0.357 e. The van der Waals surface area contributed by atoms with Crippen LogP contribution in [0.2, 0.25) is 5.02 Å². The zero-order valence-electron chi connectivity index (χ0n) is 14.8. The molecule has 0 spiro atoms. The highest BCUT2D eigenvalue weighted by atomic mass is 127. The summed E-state index contributed by atoms with van der Waals surface area (Å²) in [6.07, 6.45) is 2.37. The summed E-state index contributed by atoms with van der Waals surface area (Å²) in [6.45, 7) is 3.58. The van der Waals surface area contributed by atoms with Crippen LogP contribution in [0.15, 0.2) is 47.6 Å². The molecule has 0 radical (unpaired) electrons. The Bertz CT molecular complexity index is 894. The standard InChI is InChI=1S/C18H20ClFN6.HI/c1-2-21-18(22-10-9-13-14(19)6-5-7-15(13)20)23-12-17-25-24-16-8-3-4-11-26(16)17;/h3-8,11H,2,9-10,12H2,1H3,(H2,21,22,23);1H. The summed E-state index contributed by atoms with van der Waals surface area (Å²) in [5.41, 5.74) is 1.28. The first kappa shape index (κ1) is 21.4. The molecule has 1 aromatic carbocycles. The van der Waals surface area contributed by atoms with Crippen LogP contribution in [0.4, 0.5) is 4.39 Å². The molecule has 9 heteroatoms. The molecule has 144 valence electrons. The van der Waals surface area contributed by atoms with Crippen LogP contribution in [-0.4, -0.2) is 33.6 Å². The van der Waals surface area contributed by atoms with Gasteiger partial charge in [0.15, 0.2) is 17.4 Å². The molecule has 6 nitrogen and oxygen atoms in total. The Morgan fingerprint density at radius 3 is 2.81 bits per heavy atom. The number of benzene rings is 1. The van der Waals surface area contributed by atoms with E-state index in [0.29, 0.717) is 42.6 Å². The van der Waals surface area contributed by atoms with Gasteiger partial charge in [0, 0.05) is 29.9 Å². The van der Waals surface area contributed by atoms with Crippen molar-refractivity contribution >= 4 is 47.2 Å². The highest BCUT2D eigenvalue weighted by Crippen LogP contribution is 2.18. The summed E-state index contributed by atoms with van der Waals surface area (Å²) < 4.78 is 15.7. The van der Waals surface area contributed by atoms with Gasteiger partial charge in [-0.15, -0.1) is 34.2 Å². The molecule has 0 saturated carbocycles. The molecule has 0 bridgehead atoms. The second-order valence-electron chi connectivity index (χ2n) is 5.62. The second-order valence-corrected chi connectivity index (χ2v) is 6.02. The number of hydrogen-bond acceptors (Lipinski definition) is 3. The van der Waals surface area contributed by atoms with Gasteiger partial charge in [-0.25, -0.2) is 9.38 Å². The summed E-state index contributed by atoms with van der Waals surface area (Å²) in [7, 11) is 0. The van der Waals surface area contributed by atoms with Crippen molar-refractivity contribution in [1.82, 2.24) is 25.2 Å². The van der Waals surface area contributed by atoms with Crippen molar-refractivity contribution in [3.8, 4) is 0 Å². The van der Waals surface area contributed by atoms with E-state index in [-0.39, 0.29) is 29.8 Å². The molecule has 0 atom stereocenters. The zero-order valence-corrected chi connectivity index (χ0v) is 17.9. The summed E-state index contributed by atoms with van der Waals surface area (Å²) in [6, 6.07) is 10.4. The van der Waals surface area contributed by atoms with Crippen LogP contribution in [0.3, 0.4) is 0 Å². The van der Waals surface area contributed by atoms with Gasteiger partial charge >= 0.3 is 0 Å². The van der Waals surface area contributed by atoms with E-state index in [9.17, 15) is 4.39 Å². The van der Waals surface area contributed by atoms with Gasteiger partial charge in [0.2, 0.25) is 0 Å². The van der Waals surface area contributed by atoms with Crippen LogP contribution in [0.5, 0.6) is 0 Å². The number of nitrogens with zero attached hydrogens (tertiary/aromatic N) is 4. The van der Waals surface area contributed by atoms with Crippen LogP contribution in [0.1, 0.15) is 18.3 Å². The molecular weight excluding hydrogens is 482 g/mol. The first-order valence-corrected chi connectivity index (χ1v) is 8.80. The minimum absolute atomic E-state index is 0. The van der Waals surface area contributed by atoms with Crippen LogP contribution in [0, 0.1) is 5.82 Å². The number of nitrogens with one attached hydrogen (secondary N) is 2. The van der Waals surface area contributed by atoms with Gasteiger partial charge in [-0.2, -0.15) is 0 Å². The van der Waals surface area contributed by atoms with Gasteiger partial charge in [-0.3, -0.25) is 4.40 Å². The third-order valence-electron chi connectivity index (χ3n) is 3.84. The van der Waals surface area contributed by atoms with Crippen molar-refractivity contribution in [2.45, 2.75) is 19.9 Å². The molecule has 0 unspecified atom stereocenters. The number of fused-ring (bicyclic) bond motifs is 1. The average molecular weight is 503 g/mol. The molecule has 0 saturated heterocycles. The highest BCUT2D eigenvalue weighted by molar-refractivity contribution is 14.0. The molecule has 2 aromatic heterocycles. The predicted molar refractivity (Wildman–Crippen MR) is 116 cm³/mol. The molecule has 2 N–H and O–H groups in total. The van der Waals surface area contributed by atoms with E-state index in [4.69, 9.17) is 11.6 Å². The maximum absolute atomic E-state index is 13.8. The maximum Gasteiger partial charge on any atom is 0.191 e. The molecule has 0 aliphatic heterocycles. The normalized spacial score (nSPS) is 11.3. The lowest BCUT2D eigenvalue weighted by molar-refractivity contribution is 0.607. The Balaban J connectivity index is 0.00000261. The fourth-order valence-electron chi connectivity index (χ4n) is 2.57. The first-order chi connectivity index (χ1) is 12.7. The number of aliphatic imine (C=N–C) groups is 1. The topological polar surface area (TPSA) is 66.6 Å². The largest absolute Gasteiger partial charge is 0.357 e. The Kier molecular flexibility index (Phi) is 8.23. The number of guanidine groups is 1. The van der Waals surface area contributed by atoms with E-state index in [1.165, 1.54) is 6.07 Å². The fourth-order valence-corrected chi connectivity index (χ4v) is 2.82. The van der Waals surface area contributed by atoms with E-state index in [0.717, 1.165) is 11.5 Å². The molecule has 3 rings (SSSR count). The Labute approximate surface area is 179 Å². The lowest BCUT2D eigenvalue weighted by atomic mass is 10.1. The smallest absolute Gasteiger partial charge is 0.191 e. The zero-order chi connectivity index (χ0) is 18.4. The Morgan fingerprint density at radius 1 is 1.19 bits per heavy atom. The lowest BCUT2D eigenvalue weighted by Crippen LogP contribution is -2.38. The molecule has 0 fully saturated rings. The number of hydrogen-bond donors (Lipinski definition) is 2. The monoisotopic (exact) mass is 502 g/mol. The predicted octanol–water partition coefficient (Wildman–Crippen LogP) is 3.44. The van der Waals surface area contributed by atoms with Gasteiger partial charge in [0.05, 0.1) is 0 Å². The summed E-state index contributed by atoms with van der Waals surface area (Å²) in [5, 5.41) is 15.1. The molecule has 2 heterocycles. The highest BCUT2D eigenvalue weighted by Gasteiger charge is 2.08. The maximum atomic E-state index is 13.8. The van der Waals surface area contributed by atoms with Gasteiger partial charge in [0.25, 0.3) is 0 Å².